The third-order valence-corrected chi connectivity index (χ3v) is 3.38. The Morgan fingerprint density at radius 1 is 1.17 bits per heavy atom. The molecule has 0 aliphatic carbocycles. The van der Waals surface area contributed by atoms with Gasteiger partial charge in [0.2, 0.25) is 0 Å². The van der Waals surface area contributed by atoms with Gasteiger partial charge in [-0.05, 0) is 25.5 Å². The Morgan fingerprint density at radius 3 is 2.62 bits per heavy atom. The standard InChI is InChI=1S/C17H23N5O2/c1-14(12-22-11-10-18-13-22)21-17(24)20-9-5-8-19-16(23)15-6-3-2-4-7-15/h2-4,6-7,10-11,13-14H,5,8-9,12H2,1H3,(H,19,23)(H2,20,21,24). The Bertz CT molecular complexity index is 628. The van der Waals surface area contributed by atoms with E-state index in [-0.39, 0.29) is 18.0 Å². The molecule has 1 aromatic carbocycles. The number of urea groups is 1. The Kier molecular flexibility index (Phi) is 6.82. The highest BCUT2D eigenvalue weighted by atomic mass is 16.2. The smallest absolute Gasteiger partial charge is 0.315 e. The Morgan fingerprint density at radius 2 is 1.92 bits per heavy atom. The second-order valence-electron chi connectivity index (χ2n) is 5.54. The van der Waals surface area contributed by atoms with E-state index in [0.717, 1.165) is 0 Å². The molecule has 0 aliphatic rings. The lowest BCUT2D eigenvalue weighted by Gasteiger charge is -2.15. The third-order valence-electron chi connectivity index (χ3n) is 3.38. The van der Waals surface area contributed by atoms with E-state index < -0.39 is 0 Å². The molecule has 0 spiro atoms. The van der Waals surface area contributed by atoms with Gasteiger partial charge in [0.1, 0.15) is 0 Å². The van der Waals surface area contributed by atoms with Crippen molar-refractivity contribution < 1.29 is 9.59 Å². The highest BCUT2D eigenvalue weighted by Crippen LogP contribution is 1.97. The molecule has 128 valence electrons. The SMILES string of the molecule is CC(Cn1ccnc1)NC(=O)NCCCNC(=O)c1ccccc1. The summed E-state index contributed by atoms with van der Waals surface area (Å²) in [5.74, 6) is -0.103. The van der Waals surface area contributed by atoms with Crippen LogP contribution in [-0.2, 0) is 6.54 Å². The number of benzene rings is 1. The van der Waals surface area contributed by atoms with Crippen LogP contribution in [0.2, 0.25) is 0 Å². The van der Waals surface area contributed by atoms with E-state index in [1.807, 2.05) is 35.9 Å². The predicted octanol–water partition coefficient (Wildman–Crippen LogP) is 1.39. The van der Waals surface area contributed by atoms with Crippen molar-refractivity contribution in [3.8, 4) is 0 Å². The van der Waals surface area contributed by atoms with Crippen molar-refractivity contribution in [2.75, 3.05) is 13.1 Å². The summed E-state index contributed by atoms with van der Waals surface area (Å²) < 4.78 is 1.91. The van der Waals surface area contributed by atoms with Gasteiger partial charge in [0.15, 0.2) is 0 Å². The van der Waals surface area contributed by atoms with E-state index in [1.165, 1.54) is 0 Å². The first-order chi connectivity index (χ1) is 11.6. The van der Waals surface area contributed by atoms with Crippen molar-refractivity contribution in [3.63, 3.8) is 0 Å². The molecule has 1 atom stereocenters. The van der Waals surface area contributed by atoms with E-state index in [2.05, 4.69) is 20.9 Å². The monoisotopic (exact) mass is 329 g/mol. The molecule has 0 fully saturated rings. The minimum atomic E-state index is -0.211. The lowest BCUT2D eigenvalue weighted by atomic mass is 10.2. The topological polar surface area (TPSA) is 88.1 Å². The number of imidazole rings is 1. The van der Waals surface area contributed by atoms with Crippen molar-refractivity contribution in [1.82, 2.24) is 25.5 Å². The first-order valence-electron chi connectivity index (χ1n) is 7.98. The van der Waals surface area contributed by atoms with Crippen molar-refractivity contribution in [2.45, 2.75) is 25.9 Å². The number of nitrogens with zero attached hydrogens (tertiary/aromatic N) is 2. The van der Waals surface area contributed by atoms with Crippen LogP contribution in [0.1, 0.15) is 23.7 Å². The van der Waals surface area contributed by atoms with Gasteiger partial charge in [0, 0.05) is 43.6 Å². The summed E-state index contributed by atoms with van der Waals surface area (Å²) in [4.78, 5) is 27.5. The quantitative estimate of drug-likeness (QED) is 0.640. The van der Waals surface area contributed by atoms with Gasteiger partial charge in [0.05, 0.1) is 6.33 Å². The van der Waals surface area contributed by atoms with Crippen molar-refractivity contribution >= 4 is 11.9 Å². The summed E-state index contributed by atoms with van der Waals surface area (Å²) in [7, 11) is 0. The average Bonchev–Trinajstić information content (AvgIpc) is 3.07. The fourth-order valence-corrected chi connectivity index (χ4v) is 2.22. The zero-order valence-corrected chi connectivity index (χ0v) is 13.7. The zero-order chi connectivity index (χ0) is 17.2. The molecule has 1 heterocycles. The molecule has 7 heteroatoms. The molecule has 7 nitrogen and oxygen atoms in total. The second kappa shape index (κ2) is 9.34. The number of rotatable bonds is 8. The van der Waals surface area contributed by atoms with Gasteiger partial charge in [-0.1, -0.05) is 18.2 Å². The van der Waals surface area contributed by atoms with Crippen molar-refractivity contribution in [1.29, 1.82) is 0 Å². The van der Waals surface area contributed by atoms with Gasteiger partial charge in [-0.15, -0.1) is 0 Å². The lowest BCUT2D eigenvalue weighted by Crippen LogP contribution is -2.43. The highest BCUT2D eigenvalue weighted by molar-refractivity contribution is 5.94. The van der Waals surface area contributed by atoms with Crippen LogP contribution < -0.4 is 16.0 Å². The van der Waals surface area contributed by atoms with E-state index in [1.54, 1.807) is 24.7 Å². The fourth-order valence-electron chi connectivity index (χ4n) is 2.22. The maximum absolute atomic E-state index is 11.8. The summed E-state index contributed by atoms with van der Waals surface area (Å²) in [5, 5.41) is 8.46. The molecule has 0 saturated heterocycles. The molecule has 3 amide bonds. The zero-order valence-electron chi connectivity index (χ0n) is 13.7. The van der Waals surface area contributed by atoms with Gasteiger partial charge < -0.3 is 20.5 Å². The molecule has 24 heavy (non-hydrogen) atoms. The van der Waals surface area contributed by atoms with Crippen LogP contribution in [0.25, 0.3) is 0 Å². The van der Waals surface area contributed by atoms with Gasteiger partial charge in [0.25, 0.3) is 5.91 Å². The van der Waals surface area contributed by atoms with Crippen LogP contribution in [0, 0.1) is 0 Å². The Hall–Kier alpha value is -2.83. The van der Waals surface area contributed by atoms with Crippen molar-refractivity contribution in [2.24, 2.45) is 0 Å². The largest absolute Gasteiger partial charge is 0.352 e. The fraction of sp³-hybridized carbons (Fsp3) is 0.353. The molecular weight excluding hydrogens is 306 g/mol. The van der Waals surface area contributed by atoms with E-state index in [0.29, 0.717) is 31.6 Å². The van der Waals surface area contributed by atoms with Crippen LogP contribution >= 0.6 is 0 Å². The highest BCUT2D eigenvalue weighted by Gasteiger charge is 2.07. The molecule has 0 bridgehead atoms. The summed E-state index contributed by atoms with van der Waals surface area (Å²) in [5.41, 5.74) is 0.636. The van der Waals surface area contributed by atoms with E-state index in [4.69, 9.17) is 0 Å². The number of carbonyl (C=O) groups excluding carboxylic acids is 2. The number of carbonyl (C=O) groups is 2. The molecule has 2 aromatic rings. The number of aromatic nitrogens is 2. The molecule has 3 N–H and O–H groups in total. The normalized spacial score (nSPS) is 11.5. The minimum Gasteiger partial charge on any atom is -0.352 e. The van der Waals surface area contributed by atoms with E-state index in [9.17, 15) is 9.59 Å². The summed E-state index contributed by atoms with van der Waals surface area (Å²) >= 11 is 0. The first-order valence-corrected chi connectivity index (χ1v) is 7.98. The van der Waals surface area contributed by atoms with Gasteiger partial charge in [-0.3, -0.25) is 4.79 Å². The Balaban J connectivity index is 1.55. The number of hydrogen-bond donors (Lipinski definition) is 3. The molecule has 0 saturated carbocycles. The molecule has 1 unspecified atom stereocenters. The Labute approximate surface area is 141 Å². The van der Waals surface area contributed by atoms with Crippen LogP contribution in [0.4, 0.5) is 4.79 Å². The van der Waals surface area contributed by atoms with Crippen LogP contribution in [0.5, 0.6) is 0 Å². The molecule has 1 aromatic heterocycles. The predicted molar refractivity (Wildman–Crippen MR) is 91.6 cm³/mol. The van der Waals surface area contributed by atoms with Crippen LogP contribution in [0.3, 0.4) is 0 Å². The minimum absolute atomic E-state index is 0.00279. The van der Waals surface area contributed by atoms with Gasteiger partial charge >= 0.3 is 6.03 Å². The maximum Gasteiger partial charge on any atom is 0.315 e. The van der Waals surface area contributed by atoms with Crippen LogP contribution in [0.15, 0.2) is 49.1 Å². The summed E-state index contributed by atoms with van der Waals surface area (Å²) in [6.45, 7) is 3.61. The average molecular weight is 329 g/mol. The molecule has 0 radical (unpaired) electrons. The number of amides is 3. The maximum atomic E-state index is 11.8. The molecular formula is C17H23N5O2. The van der Waals surface area contributed by atoms with E-state index >= 15 is 0 Å². The number of nitrogens with one attached hydrogen (secondary N) is 3. The molecule has 2 rings (SSSR count). The first kappa shape index (κ1) is 17.5. The summed E-state index contributed by atoms with van der Waals surface area (Å²) in [6.07, 6.45) is 5.94. The van der Waals surface area contributed by atoms with Crippen molar-refractivity contribution in [3.05, 3.63) is 54.6 Å². The van der Waals surface area contributed by atoms with Gasteiger partial charge in [-0.2, -0.15) is 0 Å². The number of hydrogen-bond acceptors (Lipinski definition) is 3. The van der Waals surface area contributed by atoms with Crippen LogP contribution in [-0.4, -0.2) is 40.6 Å². The second-order valence-corrected chi connectivity index (χ2v) is 5.54. The molecule has 0 aliphatic heterocycles. The third kappa shape index (κ3) is 6.12. The van der Waals surface area contributed by atoms with Gasteiger partial charge in [-0.25, -0.2) is 9.78 Å². The lowest BCUT2D eigenvalue weighted by molar-refractivity contribution is 0.0953. The summed E-state index contributed by atoms with van der Waals surface area (Å²) in [6, 6.07) is 8.84.